The van der Waals surface area contributed by atoms with Gasteiger partial charge in [0.1, 0.15) is 17.9 Å². The van der Waals surface area contributed by atoms with Crippen molar-refractivity contribution in [1.82, 2.24) is 10.3 Å². The maximum atomic E-state index is 13.8. The highest BCUT2D eigenvalue weighted by Gasteiger charge is 2.50. The third-order valence-corrected chi connectivity index (χ3v) is 10.00. The fourth-order valence-corrected chi connectivity index (χ4v) is 6.60. The smallest absolute Gasteiger partial charge is 0.413 e. The van der Waals surface area contributed by atoms with Crippen molar-refractivity contribution >= 4 is 56.1 Å². The molecule has 1 aliphatic heterocycles. The van der Waals surface area contributed by atoms with Crippen molar-refractivity contribution in [2.75, 3.05) is 11.9 Å². The number of nitrogens with zero attached hydrogens (tertiary/aromatic N) is 2. The molecule has 0 unspecified atom stereocenters. The zero-order valence-electron chi connectivity index (χ0n) is 28.0. The minimum atomic E-state index is -4.13. The average molecular weight is 727 g/mol. The number of rotatable bonds is 14. The monoisotopic (exact) mass is 726 g/mol. The van der Waals surface area contributed by atoms with Gasteiger partial charge < -0.3 is 19.6 Å². The van der Waals surface area contributed by atoms with E-state index in [2.05, 4.69) is 20.8 Å². The van der Waals surface area contributed by atoms with Crippen LogP contribution in [0.2, 0.25) is 0 Å². The van der Waals surface area contributed by atoms with Gasteiger partial charge in [-0.05, 0) is 51.8 Å². The number of oxime groups is 1. The highest BCUT2D eigenvalue weighted by atomic mass is 32.2. The van der Waals surface area contributed by atoms with Crippen LogP contribution >= 0.6 is 11.3 Å². The van der Waals surface area contributed by atoms with Gasteiger partial charge >= 0.3 is 12.1 Å². The molecular weight excluding hydrogens is 689 g/mol. The van der Waals surface area contributed by atoms with Gasteiger partial charge in [-0.2, -0.15) is 8.42 Å². The van der Waals surface area contributed by atoms with E-state index in [1.54, 1.807) is 32.9 Å². The molecule has 1 aliphatic carbocycles. The SMILES string of the molecule is Cc1ccc(S(=O)(=O)OC[C@H]2NC(=O)[C@H]2CC(=O)/C(=N\OC2(C(=O)OCc3ccccc3)CCC2)c2csc(NC(=O)OC(C)(C)C)n2)cc1. The Kier molecular flexibility index (Phi) is 11.0. The van der Waals surface area contributed by atoms with Crippen molar-refractivity contribution < 1.29 is 46.1 Å². The van der Waals surface area contributed by atoms with Gasteiger partial charge in [-0.25, -0.2) is 14.6 Å². The number of amides is 2. The van der Waals surface area contributed by atoms with Gasteiger partial charge in [0.15, 0.2) is 16.6 Å². The Morgan fingerprint density at radius 1 is 1.08 bits per heavy atom. The summed E-state index contributed by atoms with van der Waals surface area (Å²) in [6, 6.07) is 14.4. The molecule has 1 saturated heterocycles. The first-order chi connectivity index (χ1) is 23.6. The molecule has 14 nitrogen and oxygen atoms in total. The van der Waals surface area contributed by atoms with Crippen molar-refractivity contribution in [2.45, 2.75) is 82.1 Å². The minimum Gasteiger partial charge on any atom is -0.458 e. The van der Waals surface area contributed by atoms with Crippen LogP contribution in [0.5, 0.6) is 0 Å². The van der Waals surface area contributed by atoms with E-state index in [1.165, 1.54) is 17.5 Å². The minimum absolute atomic E-state index is 0.0198. The van der Waals surface area contributed by atoms with Gasteiger partial charge in [-0.15, -0.1) is 11.3 Å². The summed E-state index contributed by atoms with van der Waals surface area (Å²) in [6.45, 7) is 6.54. The Balaban J connectivity index is 1.32. The number of anilines is 1. The molecule has 2 aliphatic rings. The van der Waals surface area contributed by atoms with Crippen molar-refractivity contribution in [3.05, 3.63) is 76.8 Å². The van der Waals surface area contributed by atoms with Crippen LogP contribution in [-0.4, -0.2) is 66.7 Å². The number of carbonyl (C=O) groups excluding carboxylic acids is 4. The normalized spacial score (nSPS) is 18.6. The third kappa shape index (κ3) is 9.11. The lowest BCUT2D eigenvalue weighted by Gasteiger charge is -2.37. The standard InChI is InChI=1S/C34H38N4O10S2/c1-21-11-13-23(14-12-21)50(43,44)46-19-25-24(29(40)35-25)17-27(39)28(26-20-49-31(36-26)37-32(42)47-33(2,3)4)38-48-34(15-8-16-34)30(41)45-18-22-9-6-5-7-10-22/h5-7,9-14,20,24-25H,8,15-19H2,1-4H3,(H,35,40)(H,36,37,42)/b38-28-/t24-,25+/m0/s1. The van der Waals surface area contributed by atoms with Crippen LogP contribution in [0.25, 0.3) is 0 Å². The number of carbonyl (C=O) groups is 4. The summed E-state index contributed by atoms with van der Waals surface area (Å²) in [5.74, 6) is -2.74. The van der Waals surface area contributed by atoms with E-state index in [9.17, 15) is 27.6 Å². The number of aryl methyl sites for hydroxylation is 1. The Morgan fingerprint density at radius 3 is 2.40 bits per heavy atom. The van der Waals surface area contributed by atoms with Crippen LogP contribution < -0.4 is 10.6 Å². The summed E-state index contributed by atoms with van der Waals surface area (Å²) >= 11 is 0.995. The van der Waals surface area contributed by atoms with E-state index in [1.807, 2.05) is 37.3 Å². The molecule has 1 saturated carbocycles. The second-order valence-corrected chi connectivity index (χ2v) is 15.5. The molecule has 0 bridgehead atoms. The number of hydrogen-bond acceptors (Lipinski definition) is 13. The summed E-state index contributed by atoms with van der Waals surface area (Å²) in [5.41, 5.74) is -0.820. The summed E-state index contributed by atoms with van der Waals surface area (Å²) in [4.78, 5) is 62.0. The largest absolute Gasteiger partial charge is 0.458 e. The van der Waals surface area contributed by atoms with Gasteiger partial charge in [0, 0.05) is 24.6 Å². The first kappa shape index (κ1) is 36.6. The molecule has 50 heavy (non-hydrogen) atoms. The zero-order valence-corrected chi connectivity index (χ0v) is 29.6. The Bertz CT molecular complexity index is 1860. The quantitative estimate of drug-likeness (QED) is 0.0773. The van der Waals surface area contributed by atoms with Crippen LogP contribution in [0.4, 0.5) is 9.93 Å². The summed E-state index contributed by atoms with van der Waals surface area (Å²) in [7, 11) is -4.13. The molecular formula is C34H38N4O10S2. The van der Waals surface area contributed by atoms with E-state index in [0.29, 0.717) is 19.3 Å². The first-order valence-corrected chi connectivity index (χ1v) is 18.2. The van der Waals surface area contributed by atoms with Gasteiger partial charge in [0.2, 0.25) is 11.5 Å². The maximum Gasteiger partial charge on any atom is 0.413 e. The number of thiazole rings is 1. The number of β-lactam (4-membered cyclic amide) rings is 1. The summed E-state index contributed by atoms with van der Waals surface area (Å²) < 4.78 is 41.5. The molecule has 2 heterocycles. The second-order valence-electron chi connectivity index (χ2n) is 13.0. The van der Waals surface area contributed by atoms with Gasteiger partial charge in [0.25, 0.3) is 10.1 Å². The highest BCUT2D eigenvalue weighted by molar-refractivity contribution is 7.86. The fraction of sp³-hybridized carbons (Fsp3) is 0.412. The molecule has 2 aromatic carbocycles. The number of aromatic nitrogens is 1. The molecule has 3 aromatic rings. The number of Topliss-reactive ketones (excluding diaryl/α,β-unsaturated/α-hetero) is 1. The molecule has 0 spiro atoms. The van der Waals surface area contributed by atoms with Gasteiger partial charge in [-0.1, -0.05) is 53.2 Å². The van der Waals surface area contributed by atoms with Gasteiger partial charge in [0.05, 0.1) is 23.5 Å². The van der Waals surface area contributed by atoms with E-state index < -0.39 is 70.1 Å². The maximum absolute atomic E-state index is 13.8. The molecule has 266 valence electrons. The van der Waals surface area contributed by atoms with Crippen LogP contribution in [0.3, 0.4) is 0 Å². The van der Waals surface area contributed by atoms with Crippen LogP contribution in [0.15, 0.2) is 70.0 Å². The molecule has 0 radical (unpaired) electrons. The second kappa shape index (κ2) is 15.1. The van der Waals surface area contributed by atoms with Crippen LogP contribution in [0.1, 0.15) is 63.3 Å². The lowest BCUT2D eigenvalue weighted by molar-refractivity contribution is -0.187. The number of ketones is 1. The lowest BCUT2D eigenvalue weighted by Crippen LogP contribution is -2.61. The highest BCUT2D eigenvalue weighted by Crippen LogP contribution is 2.38. The molecule has 2 fully saturated rings. The van der Waals surface area contributed by atoms with E-state index in [-0.39, 0.29) is 28.0 Å². The summed E-state index contributed by atoms with van der Waals surface area (Å²) in [5, 5.41) is 10.8. The molecule has 16 heteroatoms. The van der Waals surface area contributed by atoms with E-state index in [0.717, 1.165) is 22.5 Å². The van der Waals surface area contributed by atoms with Crippen molar-refractivity contribution in [1.29, 1.82) is 0 Å². The van der Waals surface area contributed by atoms with E-state index in [4.69, 9.17) is 18.5 Å². The number of ether oxygens (including phenoxy) is 2. The first-order valence-electron chi connectivity index (χ1n) is 15.9. The van der Waals surface area contributed by atoms with Crippen molar-refractivity contribution in [2.24, 2.45) is 11.1 Å². The molecule has 2 N–H and O–H groups in total. The van der Waals surface area contributed by atoms with Gasteiger partial charge in [-0.3, -0.25) is 19.1 Å². The molecule has 2 atom stereocenters. The van der Waals surface area contributed by atoms with Crippen molar-refractivity contribution in [3.63, 3.8) is 0 Å². The third-order valence-electron chi connectivity index (χ3n) is 7.94. The fourth-order valence-electron chi connectivity index (χ4n) is 4.99. The molecule has 2 amide bonds. The topological polar surface area (TPSA) is 189 Å². The van der Waals surface area contributed by atoms with Crippen molar-refractivity contribution in [3.8, 4) is 0 Å². The van der Waals surface area contributed by atoms with Crippen LogP contribution in [-0.2, 0) is 49.6 Å². The summed E-state index contributed by atoms with van der Waals surface area (Å²) in [6.07, 6.45) is 0.102. The number of nitrogens with one attached hydrogen (secondary N) is 2. The Morgan fingerprint density at radius 2 is 1.78 bits per heavy atom. The Labute approximate surface area is 293 Å². The zero-order chi connectivity index (χ0) is 36.1. The predicted molar refractivity (Wildman–Crippen MR) is 182 cm³/mol. The Hall–Kier alpha value is -4.67. The molecule has 1 aromatic heterocycles. The predicted octanol–water partition coefficient (Wildman–Crippen LogP) is 4.66. The number of benzene rings is 2. The lowest BCUT2D eigenvalue weighted by atomic mass is 9.80. The van der Waals surface area contributed by atoms with E-state index >= 15 is 0 Å². The van der Waals surface area contributed by atoms with Crippen LogP contribution in [0, 0.1) is 12.8 Å². The number of esters is 1. The number of hydrogen-bond donors (Lipinski definition) is 2. The molecule has 5 rings (SSSR count). The average Bonchev–Trinajstić information content (AvgIpc) is 3.49.